The van der Waals surface area contributed by atoms with Crippen molar-refractivity contribution in [2.24, 2.45) is 0 Å². The Hall–Kier alpha value is -2.61. The topological polar surface area (TPSA) is 72.7 Å². The van der Waals surface area contributed by atoms with Crippen molar-refractivity contribution >= 4 is 22.4 Å². The molecule has 8 heteroatoms. The van der Waals surface area contributed by atoms with E-state index in [1.165, 1.54) is 33.0 Å². The molecule has 3 rings (SSSR count). The number of thiazole rings is 1. The third kappa shape index (κ3) is 3.80. The van der Waals surface area contributed by atoms with Gasteiger partial charge >= 0.3 is 0 Å². The highest BCUT2D eigenvalue weighted by molar-refractivity contribution is 7.15. The van der Waals surface area contributed by atoms with E-state index in [1.54, 1.807) is 19.1 Å². The maximum absolute atomic E-state index is 13.1. The molecule has 1 N–H and O–H groups in total. The smallest absolute Gasteiger partial charge is 0.295 e. The number of benzene rings is 1. The van der Waals surface area contributed by atoms with Crippen LogP contribution in [0.15, 0.2) is 24.3 Å². The van der Waals surface area contributed by atoms with E-state index in [0.29, 0.717) is 16.6 Å². The van der Waals surface area contributed by atoms with Crippen LogP contribution in [0.4, 0.5) is 9.52 Å². The second kappa shape index (κ2) is 7.74. The highest BCUT2D eigenvalue weighted by atomic mass is 32.1. The summed E-state index contributed by atoms with van der Waals surface area (Å²) in [7, 11) is 0. The molecule has 0 aliphatic rings. The van der Waals surface area contributed by atoms with Crippen molar-refractivity contribution in [3.63, 3.8) is 0 Å². The lowest BCUT2D eigenvalue weighted by Crippen LogP contribution is -2.14. The van der Waals surface area contributed by atoms with Gasteiger partial charge in [0.2, 0.25) is 5.82 Å². The first-order valence-corrected chi connectivity index (χ1v) is 9.33. The van der Waals surface area contributed by atoms with Crippen molar-refractivity contribution in [2.75, 3.05) is 5.32 Å². The molecular formula is C18H20FN5OS. The molecule has 1 amide bonds. The van der Waals surface area contributed by atoms with Crippen LogP contribution in [0, 0.1) is 12.7 Å². The van der Waals surface area contributed by atoms with Crippen molar-refractivity contribution in [2.45, 2.75) is 40.0 Å². The molecule has 0 radical (unpaired) electrons. The number of aryl methyl sites for hydroxylation is 3. The van der Waals surface area contributed by atoms with Gasteiger partial charge in [-0.1, -0.05) is 20.3 Å². The first kappa shape index (κ1) is 18.2. The largest absolute Gasteiger partial charge is 0.297 e. The zero-order chi connectivity index (χ0) is 18.7. The van der Waals surface area contributed by atoms with Crippen LogP contribution < -0.4 is 5.32 Å². The predicted octanol–water partition coefficient (Wildman–Crippen LogP) is 3.94. The number of nitrogens with one attached hydrogen (secondary N) is 1. The van der Waals surface area contributed by atoms with Crippen LogP contribution in [0.25, 0.3) is 5.69 Å². The molecule has 0 atom stereocenters. The molecule has 136 valence electrons. The molecule has 0 bridgehead atoms. The summed E-state index contributed by atoms with van der Waals surface area (Å²) in [6.07, 6.45) is 2.79. The molecule has 0 fully saturated rings. The van der Waals surface area contributed by atoms with E-state index >= 15 is 0 Å². The number of carbonyl (C=O) groups is 1. The Labute approximate surface area is 155 Å². The van der Waals surface area contributed by atoms with E-state index in [0.717, 1.165) is 25.0 Å². The number of rotatable bonds is 6. The van der Waals surface area contributed by atoms with Crippen LogP contribution >= 0.6 is 11.3 Å². The molecule has 2 aromatic heterocycles. The van der Waals surface area contributed by atoms with E-state index in [9.17, 15) is 9.18 Å². The number of carbonyl (C=O) groups excluding carboxylic acids is 1. The summed E-state index contributed by atoms with van der Waals surface area (Å²) in [6, 6.07) is 5.86. The Morgan fingerprint density at radius 3 is 2.62 bits per heavy atom. The van der Waals surface area contributed by atoms with Gasteiger partial charge in [-0.2, -0.15) is 0 Å². The summed E-state index contributed by atoms with van der Waals surface area (Å²) in [5.74, 6) is -0.143. The minimum Gasteiger partial charge on any atom is -0.295 e. The fraction of sp³-hybridized carbons (Fsp3) is 0.333. The third-order valence-electron chi connectivity index (χ3n) is 3.85. The Kier molecular flexibility index (Phi) is 5.41. The number of aromatic nitrogens is 4. The minimum absolute atomic E-state index is 0.0529. The second-order valence-corrected chi connectivity index (χ2v) is 6.90. The normalized spacial score (nSPS) is 10.9. The fourth-order valence-electron chi connectivity index (χ4n) is 2.61. The van der Waals surface area contributed by atoms with E-state index in [2.05, 4.69) is 34.2 Å². The van der Waals surface area contributed by atoms with Gasteiger partial charge in [0.05, 0.1) is 11.4 Å². The molecule has 1 aromatic carbocycles. The van der Waals surface area contributed by atoms with Crippen molar-refractivity contribution in [1.82, 2.24) is 19.7 Å². The molecule has 0 aliphatic carbocycles. The van der Waals surface area contributed by atoms with Gasteiger partial charge in [-0.15, -0.1) is 16.4 Å². The van der Waals surface area contributed by atoms with Gasteiger partial charge in [0.15, 0.2) is 5.13 Å². The lowest BCUT2D eigenvalue weighted by molar-refractivity contribution is 0.101. The van der Waals surface area contributed by atoms with Gasteiger partial charge < -0.3 is 0 Å². The van der Waals surface area contributed by atoms with Gasteiger partial charge in [-0.3, -0.25) is 10.1 Å². The molecule has 0 spiro atoms. The van der Waals surface area contributed by atoms with Gasteiger partial charge in [0.1, 0.15) is 11.6 Å². The third-order valence-corrected chi connectivity index (χ3v) is 5.01. The van der Waals surface area contributed by atoms with Gasteiger partial charge in [-0.05, 0) is 44.0 Å². The number of amides is 1. The Morgan fingerprint density at radius 2 is 1.96 bits per heavy atom. The molecule has 0 saturated heterocycles. The average molecular weight is 373 g/mol. The molecular weight excluding hydrogens is 353 g/mol. The molecule has 0 aliphatic heterocycles. The Balaban J connectivity index is 1.80. The monoisotopic (exact) mass is 373 g/mol. The number of nitrogens with zero attached hydrogens (tertiary/aromatic N) is 4. The lowest BCUT2D eigenvalue weighted by atomic mass is 10.2. The van der Waals surface area contributed by atoms with Crippen molar-refractivity contribution in [1.29, 1.82) is 0 Å². The zero-order valence-electron chi connectivity index (χ0n) is 14.9. The van der Waals surface area contributed by atoms with Gasteiger partial charge in [-0.25, -0.2) is 19.0 Å². The van der Waals surface area contributed by atoms with Crippen LogP contribution in [-0.2, 0) is 12.8 Å². The van der Waals surface area contributed by atoms with Crippen LogP contribution in [0.1, 0.15) is 47.3 Å². The first-order valence-electron chi connectivity index (χ1n) is 8.51. The number of hydrogen-bond donors (Lipinski definition) is 1. The SMILES string of the molecule is CCCc1nc(NC(=O)c2nc(C)n(-c3ccc(F)cc3)n2)sc1CC. The maximum atomic E-state index is 13.1. The molecule has 6 nitrogen and oxygen atoms in total. The quantitative estimate of drug-likeness (QED) is 0.710. The second-order valence-electron chi connectivity index (χ2n) is 5.82. The predicted molar refractivity (Wildman–Crippen MR) is 99.5 cm³/mol. The molecule has 2 heterocycles. The number of hydrogen-bond acceptors (Lipinski definition) is 5. The summed E-state index contributed by atoms with van der Waals surface area (Å²) in [6.45, 7) is 5.92. The van der Waals surface area contributed by atoms with E-state index in [-0.39, 0.29) is 11.6 Å². The summed E-state index contributed by atoms with van der Waals surface area (Å²) in [5.41, 5.74) is 1.68. The van der Waals surface area contributed by atoms with Gasteiger partial charge in [0.25, 0.3) is 5.91 Å². The minimum atomic E-state index is -0.409. The van der Waals surface area contributed by atoms with Crippen molar-refractivity contribution in [3.8, 4) is 5.69 Å². The van der Waals surface area contributed by atoms with Crippen LogP contribution in [-0.4, -0.2) is 25.7 Å². The van der Waals surface area contributed by atoms with Gasteiger partial charge in [0, 0.05) is 4.88 Å². The number of anilines is 1. The fourth-order valence-corrected chi connectivity index (χ4v) is 3.55. The maximum Gasteiger partial charge on any atom is 0.297 e. The van der Waals surface area contributed by atoms with E-state index in [4.69, 9.17) is 0 Å². The van der Waals surface area contributed by atoms with Crippen molar-refractivity contribution < 1.29 is 9.18 Å². The summed E-state index contributed by atoms with van der Waals surface area (Å²) < 4.78 is 14.6. The van der Waals surface area contributed by atoms with E-state index in [1.807, 2.05) is 0 Å². The molecule has 26 heavy (non-hydrogen) atoms. The zero-order valence-corrected chi connectivity index (χ0v) is 15.7. The van der Waals surface area contributed by atoms with E-state index < -0.39 is 5.91 Å². The standard InChI is InChI=1S/C18H20FN5OS/c1-4-6-14-15(5-2)26-18(21-14)22-17(25)16-20-11(3)24(23-16)13-9-7-12(19)8-10-13/h7-10H,4-6H2,1-3H3,(H,21,22,25). The number of halogens is 1. The summed E-state index contributed by atoms with van der Waals surface area (Å²) in [4.78, 5) is 22.4. The van der Waals surface area contributed by atoms with Crippen LogP contribution in [0.3, 0.4) is 0 Å². The first-order chi connectivity index (χ1) is 12.5. The highest BCUT2D eigenvalue weighted by Crippen LogP contribution is 2.25. The van der Waals surface area contributed by atoms with Crippen LogP contribution in [0.5, 0.6) is 0 Å². The summed E-state index contributed by atoms with van der Waals surface area (Å²) >= 11 is 1.48. The Morgan fingerprint density at radius 1 is 1.23 bits per heavy atom. The lowest BCUT2D eigenvalue weighted by Gasteiger charge is -2.01. The molecule has 0 saturated carbocycles. The summed E-state index contributed by atoms with van der Waals surface area (Å²) in [5, 5.41) is 7.58. The van der Waals surface area contributed by atoms with Crippen LogP contribution in [0.2, 0.25) is 0 Å². The average Bonchev–Trinajstić information content (AvgIpc) is 3.19. The molecule has 3 aromatic rings. The molecule has 0 unspecified atom stereocenters. The van der Waals surface area contributed by atoms with Crippen molar-refractivity contribution in [3.05, 3.63) is 52.3 Å². The Bertz CT molecular complexity index is 916. The highest BCUT2D eigenvalue weighted by Gasteiger charge is 2.18.